The Morgan fingerprint density at radius 1 is 1.37 bits per heavy atom. The molecule has 0 spiro atoms. The van der Waals surface area contributed by atoms with Crippen molar-refractivity contribution in [1.82, 2.24) is 0 Å². The van der Waals surface area contributed by atoms with E-state index in [0.29, 0.717) is 27.8 Å². The van der Waals surface area contributed by atoms with E-state index in [1.54, 1.807) is 18.2 Å². The molecule has 2 heterocycles. The first-order valence-corrected chi connectivity index (χ1v) is 9.49. The van der Waals surface area contributed by atoms with E-state index in [1.807, 2.05) is 0 Å². The zero-order valence-electron chi connectivity index (χ0n) is 14.5. The molecule has 0 saturated heterocycles. The summed E-state index contributed by atoms with van der Waals surface area (Å²) in [5.74, 6) is 0.445. The summed E-state index contributed by atoms with van der Waals surface area (Å²) in [4.78, 5) is 24.9. The van der Waals surface area contributed by atoms with Gasteiger partial charge in [0.05, 0.1) is 11.3 Å². The lowest BCUT2D eigenvalue weighted by atomic mass is 9.96. The van der Waals surface area contributed by atoms with Crippen LogP contribution in [0.1, 0.15) is 28.8 Å². The Morgan fingerprint density at radius 2 is 2.22 bits per heavy atom. The van der Waals surface area contributed by atoms with Crippen LogP contribution in [0, 0.1) is 11.3 Å². The lowest BCUT2D eigenvalue weighted by Crippen LogP contribution is -2.25. The minimum Gasteiger partial charge on any atom is -0.484 e. The molecule has 0 radical (unpaired) electrons. The zero-order chi connectivity index (χ0) is 18.8. The second-order valence-corrected chi connectivity index (χ2v) is 7.46. The van der Waals surface area contributed by atoms with Crippen molar-refractivity contribution in [1.29, 1.82) is 5.26 Å². The maximum Gasteiger partial charge on any atom is 0.262 e. The molecule has 7 nitrogen and oxygen atoms in total. The molecule has 2 aliphatic rings. The Morgan fingerprint density at radius 3 is 3.07 bits per heavy atom. The number of hydrogen-bond acceptors (Lipinski definition) is 6. The molecule has 2 aromatic rings. The molecule has 4 rings (SSSR count). The van der Waals surface area contributed by atoms with E-state index >= 15 is 0 Å². The maximum absolute atomic E-state index is 12.3. The fraction of sp³-hybridized carbons (Fsp3) is 0.316. The van der Waals surface area contributed by atoms with Crippen molar-refractivity contribution in [3.05, 3.63) is 34.2 Å². The Kier molecular flexibility index (Phi) is 4.69. The summed E-state index contributed by atoms with van der Waals surface area (Å²) in [6.45, 7) is -0.206. The van der Waals surface area contributed by atoms with Gasteiger partial charge in [-0.2, -0.15) is 5.26 Å². The number of aryl methyl sites for hydroxylation is 1. The van der Waals surface area contributed by atoms with Crippen molar-refractivity contribution in [2.24, 2.45) is 0 Å². The number of rotatable bonds is 4. The van der Waals surface area contributed by atoms with Gasteiger partial charge < -0.3 is 20.1 Å². The number of hydrogen-bond donors (Lipinski definition) is 2. The molecule has 2 N–H and O–H groups in total. The van der Waals surface area contributed by atoms with E-state index in [9.17, 15) is 14.9 Å². The standard InChI is InChI=1S/C19H17N3O4S/c20-8-13-12-3-1-2-4-16(12)27-19(13)22-18(24)9-25-11-5-6-15-14(7-11)21-17(23)10-26-15/h5-7H,1-4,9-10H2,(H,21,23)(H,22,24). The minimum atomic E-state index is -0.330. The van der Waals surface area contributed by atoms with Crippen LogP contribution in [-0.4, -0.2) is 25.0 Å². The van der Waals surface area contributed by atoms with Gasteiger partial charge in [-0.3, -0.25) is 9.59 Å². The first-order chi connectivity index (χ1) is 13.1. The van der Waals surface area contributed by atoms with Crippen molar-refractivity contribution in [2.45, 2.75) is 25.7 Å². The summed E-state index contributed by atoms with van der Waals surface area (Å²) in [5.41, 5.74) is 2.17. The molecule has 0 atom stereocenters. The molecule has 0 unspecified atom stereocenters. The first kappa shape index (κ1) is 17.4. The number of benzene rings is 1. The monoisotopic (exact) mass is 383 g/mol. The number of nitriles is 1. The second kappa shape index (κ2) is 7.29. The topological polar surface area (TPSA) is 100 Å². The average Bonchev–Trinajstić information content (AvgIpc) is 3.02. The third kappa shape index (κ3) is 3.59. The molecule has 8 heteroatoms. The summed E-state index contributed by atoms with van der Waals surface area (Å²) >= 11 is 1.48. The Bertz CT molecular complexity index is 961. The Hall–Kier alpha value is -3.05. The Labute approximate surface area is 159 Å². The SMILES string of the molecule is N#Cc1c(NC(=O)COc2ccc3c(c2)NC(=O)CO3)sc2c1CCCC2. The predicted molar refractivity (Wildman–Crippen MR) is 100 cm³/mol. The zero-order valence-corrected chi connectivity index (χ0v) is 15.3. The van der Waals surface area contributed by atoms with Crippen LogP contribution in [0.2, 0.25) is 0 Å². The smallest absolute Gasteiger partial charge is 0.262 e. The second-order valence-electron chi connectivity index (χ2n) is 6.36. The summed E-state index contributed by atoms with van der Waals surface area (Å²) in [6.07, 6.45) is 4.05. The fourth-order valence-electron chi connectivity index (χ4n) is 3.24. The van der Waals surface area contributed by atoms with E-state index in [0.717, 1.165) is 31.2 Å². The number of nitrogens with one attached hydrogen (secondary N) is 2. The van der Waals surface area contributed by atoms with Crippen molar-refractivity contribution >= 4 is 33.8 Å². The number of carbonyl (C=O) groups excluding carboxylic acids is 2. The minimum absolute atomic E-state index is 0.0123. The first-order valence-electron chi connectivity index (χ1n) is 8.68. The highest BCUT2D eigenvalue weighted by molar-refractivity contribution is 7.16. The third-order valence-electron chi connectivity index (χ3n) is 4.49. The van der Waals surface area contributed by atoms with Gasteiger partial charge in [0.1, 0.15) is 22.6 Å². The number of carbonyl (C=O) groups is 2. The van der Waals surface area contributed by atoms with Crippen LogP contribution >= 0.6 is 11.3 Å². The number of fused-ring (bicyclic) bond motifs is 2. The molecule has 1 aromatic carbocycles. The fourth-order valence-corrected chi connectivity index (χ4v) is 4.49. The van der Waals surface area contributed by atoms with Gasteiger partial charge in [-0.15, -0.1) is 11.3 Å². The maximum atomic E-state index is 12.3. The van der Waals surface area contributed by atoms with Crippen LogP contribution in [0.15, 0.2) is 18.2 Å². The lowest BCUT2D eigenvalue weighted by molar-refractivity contribution is -0.119. The predicted octanol–water partition coefficient (Wildman–Crippen LogP) is 2.85. The van der Waals surface area contributed by atoms with Gasteiger partial charge in [-0.1, -0.05) is 0 Å². The Balaban J connectivity index is 1.41. The number of nitrogens with zero attached hydrogens (tertiary/aromatic N) is 1. The summed E-state index contributed by atoms with van der Waals surface area (Å²) < 4.78 is 10.8. The number of thiophene rings is 1. The van der Waals surface area contributed by atoms with Crippen LogP contribution in [0.3, 0.4) is 0 Å². The summed E-state index contributed by atoms with van der Waals surface area (Å²) in [7, 11) is 0. The summed E-state index contributed by atoms with van der Waals surface area (Å²) in [6, 6.07) is 7.20. The highest BCUT2D eigenvalue weighted by atomic mass is 32.1. The van der Waals surface area contributed by atoms with Gasteiger partial charge in [0.25, 0.3) is 11.8 Å². The highest BCUT2D eigenvalue weighted by Crippen LogP contribution is 2.37. The molecule has 1 aliphatic carbocycles. The van der Waals surface area contributed by atoms with Crippen molar-refractivity contribution in [3.8, 4) is 17.6 Å². The molecular weight excluding hydrogens is 366 g/mol. The normalized spacial score (nSPS) is 14.9. The molecular formula is C19H17N3O4S. The van der Waals surface area contributed by atoms with Crippen molar-refractivity contribution in [2.75, 3.05) is 23.8 Å². The van der Waals surface area contributed by atoms with Gasteiger partial charge in [-0.25, -0.2) is 0 Å². The van der Waals surface area contributed by atoms with Gasteiger partial charge in [0.15, 0.2) is 13.2 Å². The molecule has 138 valence electrons. The number of ether oxygens (including phenoxy) is 2. The van der Waals surface area contributed by atoms with Gasteiger partial charge >= 0.3 is 0 Å². The summed E-state index contributed by atoms with van der Waals surface area (Å²) in [5, 5.41) is 15.5. The van der Waals surface area contributed by atoms with Crippen LogP contribution in [0.25, 0.3) is 0 Å². The van der Waals surface area contributed by atoms with Crippen LogP contribution in [-0.2, 0) is 22.4 Å². The molecule has 0 fully saturated rings. The largest absolute Gasteiger partial charge is 0.484 e. The van der Waals surface area contributed by atoms with Crippen LogP contribution in [0.5, 0.6) is 11.5 Å². The van der Waals surface area contributed by atoms with E-state index in [4.69, 9.17) is 9.47 Å². The number of amides is 2. The molecule has 0 saturated carbocycles. The van der Waals surface area contributed by atoms with Crippen molar-refractivity contribution in [3.63, 3.8) is 0 Å². The lowest BCUT2D eigenvalue weighted by Gasteiger charge is -2.18. The molecule has 1 aliphatic heterocycles. The molecule has 2 amide bonds. The van der Waals surface area contributed by atoms with E-state index < -0.39 is 0 Å². The van der Waals surface area contributed by atoms with Gasteiger partial charge in [0, 0.05) is 10.9 Å². The van der Waals surface area contributed by atoms with Crippen molar-refractivity contribution < 1.29 is 19.1 Å². The van der Waals surface area contributed by atoms with Gasteiger partial charge in [0.2, 0.25) is 0 Å². The number of anilines is 2. The highest BCUT2D eigenvalue weighted by Gasteiger charge is 2.22. The third-order valence-corrected chi connectivity index (χ3v) is 5.70. The average molecular weight is 383 g/mol. The quantitative estimate of drug-likeness (QED) is 0.846. The van der Waals surface area contributed by atoms with E-state index in [-0.39, 0.29) is 25.0 Å². The van der Waals surface area contributed by atoms with Gasteiger partial charge in [-0.05, 0) is 43.4 Å². The molecule has 27 heavy (non-hydrogen) atoms. The van der Waals surface area contributed by atoms with E-state index in [1.165, 1.54) is 16.2 Å². The van der Waals surface area contributed by atoms with Crippen LogP contribution in [0.4, 0.5) is 10.7 Å². The molecule has 0 bridgehead atoms. The van der Waals surface area contributed by atoms with E-state index in [2.05, 4.69) is 16.7 Å². The molecule has 1 aromatic heterocycles. The van der Waals surface area contributed by atoms with Crippen LogP contribution < -0.4 is 20.1 Å².